The minimum Gasteiger partial charge on any atom is -0.267 e. The molecular formula is C17H10BrN3O4S2. The lowest BCUT2D eigenvalue weighted by molar-refractivity contribution is -0.384. The number of carbonyl (C=O) groups is 2. The van der Waals surface area contributed by atoms with Crippen molar-refractivity contribution in [3.8, 4) is 0 Å². The minimum absolute atomic E-state index is 0.130. The van der Waals surface area contributed by atoms with Gasteiger partial charge in [0.1, 0.15) is 0 Å². The first kappa shape index (κ1) is 19.2. The van der Waals surface area contributed by atoms with E-state index in [-0.39, 0.29) is 15.6 Å². The molecule has 2 aromatic rings. The molecule has 0 radical (unpaired) electrons. The summed E-state index contributed by atoms with van der Waals surface area (Å²) in [6.07, 6.45) is 1.68. The molecule has 0 saturated carbocycles. The first-order chi connectivity index (χ1) is 12.8. The highest BCUT2D eigenvalue weighted by Crippen LogP contribution is 2.31. The smallest absolute Gasteiger partial charge is 0.267 e. The third-order valence-corrected chi connectivity index (χ3v) is 5.29. The van der Waals surface area contributed by atoms with E-state index >= 15 is 0 Å². The van der Waals surface area contributed by atoms with Crippen molar-refractivity contribution in [2.75, 3.05) is 0 Å². The molecule has 0 bridgehead atoms. The molecule has 1 aliphatic rings. The Kier molecular flexibility index (Phi) is 5.68. The lowest BCUT2D eigenvalue weighted by atomic mass is 10.2. The number of non-ortho nitro benzene ring substituents is 1. The fraction of sp³-hybridized carbons (Fsp3) is 0. The van der Waals surface area contributed by atoms with E-state index in [9.17, 15) is 19.7 Å². The van der Waals surface area contributed by atoms with Gasteiger partial charge in [0.2, 0.25) is 0 Å². The SMILES string of the molecule is O=C(NN1C(=O)C(=Cc2cccc(Br)c2)SC1=S)c1ccc([N+](=O)[O-])cc1. The first-order valence-electron chi connectivity index (χ1n) is 7.44. The highest BCUT2D eigenvalue weighted by Gasteiger charge is 2.33. The van der Waals surface area contributed by atoms with Crippen molar-refractivity contribution in [3.63, 3.8) is 0 Å². The maximum Gasteiger partial charge on any atom is 0.285 e. The third kappa shape index (κ3) is 4.41. The minimum atomic E-state index is -0.593. The molecule has 1 aliphatic heterocycles. The zero-order chi connectivity index (χ0) is 19.6. The lowest BCUT2D eigenvalue weighted by Gasteiger charge is -2.15. The number of hydrogen-bond acceptors (Lipinski definition) is 6. The monoisotopic (exact) mass is 463 g/mol. The Morgan fingerprint density at radius 2 is 1.96 bits per heavy atom. The van der Waals surface area contributed by atoms with Gasteiger partial charge in [0, 0.05) is 22.2 Å². The van der Waals surface area contributed by atoms with Crippen molar-refractivity contribution < 1.29 is 14.5 Å². The van der Waals surface area contributed by atoms with E-state index in [1.54, 1.807) is 6.08 Å². The highest BCUT2D eigenvalue weighted by atomic mass is 79.9. The molecule has 3 rings (SSSR count). The van der Waals surface area contributed by atoms with Gasteiger partial charge >= 0.3 is 0 Å². The number of benzene rings is 2. The van der Waals surface area contributed by atoms with Crippen LogP contribution in [0.2, 0.25) is 0 Å². The van der Waals surface area contributed by atoms with Crippen molar-refractivity contribution in [3.05, 3.63) is 79.2 Å². The van der Waals surface area contributed by atoms with Gasteiger partial charge in [-0.1, -0.05) is 39.8 Å². The van der Waals surface area contributed by atoms with Crippen LogP contribution in [0.3, 0.4) is 0 Å². The summed E-state index contributed by atoms with van der Waals surface area (Å²) in [4.78, 5) is 35.4. The second-order valence-electron chi connectivity index (χ2n) is 5.32. The van der Waals surface area contributed by atoms with Crippen LogP contribution in [0.15, 0.2) is 57.9 Å². The van der Waals surface area contributed by atoms with Crippen LogP contribution in [-0.4, -0.2) is 26.1 Å². The summed E-state index contributed by atoms with van der Waals surface area (Å²) in [6, 6.07) is 12.4. The van der Waals surface area contributed by atoms with E-state index < -0.39 is 16.7 Å². The maximum absolute atomic E-state index is 12.5. The summed E-state index contributed by atoms with van der Waals surface area (Å²) in [7, 11) is 0. The van der Waals surface area contributed by atoms with Crippen molar-refractivity contribution in [1.82, 2.24) is 10.4 Å². The van der Waals surface area contributed by atoms with E-state index in [0.29, 0.717) is 4.91 Å². The van der Waals surface area contributed by atoms with Gasteiger partial charge in [0.25, 0.3) is 17.5 Å². The standard InChI is InChI=1S/C17H10BrN3O4S2/c18-12-3-1-2-10(8-12)9-14-16(23)20(17(26)27-14)19-15(22)11-4-6-13(7-5-11)21(24)25/h1-9H,(H,19,22). The topological polar surface area (TPSA) is 92.6 Å². The molecule has 1 fully saturated rings. The van der Waals surface area contributed by atoms with E-state index in [4.69, 9.17) is 12.2 Å². The Balaban J connectivity index is 1.75. The molecule has 10 heteroatoms. The van der Waals surface area contributed by atoms with Gasteiger partial charge in [-0.2, -0.15) is 5.01 Å². The number of nitrogens with one attached hydrogen (secondary N) is 1. The largest absolute Gasteiger partial charge is 0.285 e. The van der Waals surface area contributed by atoms with Gasteiger partial charge in [-0.15, -0.1) is 0 Å². The number of rotatable bonds is 4. The molecule has 2 amide bonds. The number of hydrogen-bond donors (Lipinski definition) is 1. The van der Waals surface area contributed by atoms with Crippen LogP contribution < -0.4 is 5.43 Å². The molecule has 2 aromatic carbocycles. The van der Waals surface area contributed by atoms with Crippen LogP contribution in [0.1, 0.15) is 15.9 Å². The number of nitro groups is 1. The van der Waals surface area contributed by atoms with Gasteiger partial charge in [0.05, 0.1) is 9.83 Å². The quantitative estimate of drug-likeness (QED) is 0.319. The average molecular weight is 464 g/mol. The first-order valence-corrected chi connectivity index (χ1v) is 9.46. The molecule has 27 heavy (non-hydrogen) atoms. The van der Waals surface area contributed by atoms with Crippen LogP contribution >= 0.6 is 39.9 Å². The maximum atomic E-state index is 12.5. The molecule has 0 spiro atoms. The van der Waals surface area contributed by atoms with Gasteiger partial charge in [-0.25, -0.2) is 0 Å². The highest BCUT2D eigenvalue weighted by molar-refractivity contribution is 9.10. The third-order valence-electron chi connectivity index (χ3n) is 3.49. The van der Waals surface area contributed by atoms with E-state index in [1.807, 2.05) is 24.3 Å². The predicted molar refractivity (Wildman–Crippen MR) is 110 cm³/mol. The molecule has 136 valence electrons. The summed E-state index contributed by atoms with van der Waals surface area (Å²) in [5.74, 6) is -1.04. The summed E-state index contributed by atoms with van der Waals surface area (Å²) < 4.78 is 1.06. The Bertz CT molecular complexity index is 992. The second kappa shape index (κ2) is 7.99. The van der Waals surface area contributed by atoms with E-state index in [1.165, 1.54) is 24.3 Å². The fourth-order valence-electron chi connectivity index (χ4n) is 2.21. The molecule has 7 nitrogen and oxygen atoms in total. The zero-order valence-corrected chi connectivity index (χ0v) is 16.6. The molecular weight excluding hydrogens is 454 g/mol. The number of amides is 2. The van der Waals surface area contributed by atoms with Crippen molar-refractivity contribution in [2.24, 2.45) is 0 Å². The number of nitrogens with zero attached hydrogens (tertiary/aromatic N) is 2. The average Bonchev–Trinajstić information content (AvgIpc) is 2.89. The predicted octanol–water partition coefficient (Wildman–Crippen LogP) is 3.90. The van der Waals surface area contributed by atoms with Gasteiger partial charge in [-0.05, 0) is 48.1 Å². The van der Waals surface area contributed by atoms with Gasteiger partial charge in [-0.3, -0.25) is 25.1 Å². The zero-order valence-electron chi connectivity index (χ0n) is 13.4. The number of hydrazine groups is 1. The molecule has 0 aromatic heterocycles. The Labute approximate surface area is 171 Å². The number of nitro benzene ring substituents is 1. The van der Waals surface area contributed by atoms with Crippen molar-refractivity contribution in [2.45, 2.75) is 0 Å². The second-order valence-corrected chi connectivity index (χ2v) is 7.91. The van der Waals surface area contributed by atoms with Crippen LogP contribution in [0.5, 0.6) is 0 Å². The Hall–Kier alpha value is -2.56. The van der Waals surface area contributed by atoms with Gasteiger partial charge in [0.15, 0.2) is 4.32 Å². The van der Waals surface area contributed by atoms with E-state index in [0.717, 1.165) is 26.8 Å². The number of halogens is 1. The molecule has 1 saturated heterocycles. The summed E-state index contributed by atoms with van der Waals surface area (Å²) >= 11 is 9.62. The van der Waals surface area contributed by atoms with Crippen molar-refractivity contribution >= 4 is 67.8 Å². The fourth-order valence-corrected chi connectivity index (χ4v) is 3.81. The number of thiocarbonyl (C=S) groups is 1. The van der Waals surface area contributed by atoms with Crippen LogP contribution in [0.25, 0.3) is 6.08 Å². The van der Waals surface area contributed by atoms with Crippen LogP contribution in [-0.2, 0) is 4.79 Å². The molecule has 1 N–H and O–H groups in total. The molecule has 0 atom stereocenters. The number of carbonyl (C=O) groups excluding carboxylic acids is 2. The summed E-state index contributed by atoms with van der Waals surface area (Å²) in [5.41, 5.74) is 3.29. The Morgan fingerprint density at radius 1 is 1.26 bits per heavy atom. The van der Waals surface area contributed by atoms with Gasteiger partial charge < -0.3 is 0 Å². The van der Waals surface area contributed by atoms with Crippen molar-refractivity contribution in [1.29, 1.82) is 0 Å². The van der Waals surface area contributed by atoms with Crippen LogP contribution in [0.4, 0.5) is 5.69 Å². The Morgan fingerprint density at radius 3 is 2.59 bits per heavy atom. The summed E-state index contributed by atoms with van der Waals surface area (Å²) in [5, 5.41) is 11.7. The summed E-state index contributed by atoms with van der Waals surface area (Å²) in [6.45, 7) is 0. The van der Waals surface area contributed by atoms with E-state index in [2.05, 4.69) is 21.4 Å². The normalized spacial score (nSPS) is 15.3. The molecule has 0 aliphatic carbocycles. The molecule has 1 heterocycles. The van der Waals surface area contributed by atoms with Crippen LogP contribution in [0, 0.1) is 10.1 Å². The molecule has 0 unspecified atom stereocenters. The lowest BCUT2D eigenvalue weighted by Crippen LogP contribution is -2.44. The number of thioether (sulfide) groups is 1.